The summed E-state index contributed by atoms with van der Waals surface area (Å²) in [6.45, 7) is 4.55. The summed E-state index contributed by atoms with van der Waals surface area (Å²) < 4.78 is 0. The number of aromatic nitrogens is 1. The average molecular weight is 211 g/mol. The summed E-state index contributed by atoms with van der Waals surface area (Å²) in [7, 11) is 0. The molecule has 1 aliphatic heterocycles. The first-order chi connectivity index (χ1) is 6.77. The van der Waals surface area contributed by atoms with Gasteiger partial charge in [0, 0.05) is 25.7 Å². The van der Waals surface area contributed by atoms with Gasteiger partial charge in [0.25, 0.3) is 5.91 Å². The lowest BCUT2D eigenvalue weighted by Crippen LogP contribution is -2.51. The summed E-state index contributed by atoms with van der Waals surface area (Å²) >= 11 is 1.40. The SMILES string of the molecule is C[C@@H]1CN(C(=O)c2cncs2)CCN1. The van der Waals surface area contributed by atoms with Crippen LogP contribution in [0.1, 0.15) is 16.6 Å². The largest absolute Gasteiger partial charge is 0.335 e. The molecule has 0 saturated carbocycles. The molecule has 1 aromatic rings. The normalized spacial score (nSPS) is 22.4. The maximum absolute atomic E-state index is 11.9. The zero-order chi connectivity index (χ0) is 9.97. The smallest absolute Gasteiger partial charge is 0.265 e. The van der Waals surface area contributed by atoms with Crippen molar-refractivity contribution in [2.45, 2.75) is 13.0 Å². The van der Waals surface area contributed by atoms with Crippen LogP contribution >= 0.6 is 11.3 Å². The molecule has 4 nitrogen and oxygen atoms in total. The number of rotatable bonds is 1. The summed E-state index contributed by atoms with van der Waals surface area (Å²) in [5.74, 6) is 0.112. The molecule has 0 spiro atoms. The van der Waals surface area contributed by atoms with Gasteiger partial charge in [-0.05, 0) is 6.92 Å². The van der Waals surface area contributed by atoms with E-state index in [9.17, 15) is 4.79 Å². The molecule has 1 N–H and O–H groups in total. The quantitative estimate of drug-likeness (QED) is 0.739. The molecule has 1 atom stereocenters. The molecule has 0 bridgehead atoms. The average Bonchev–Trinajstić information content (AvgIpc) is 2.69. The fraction of sp³-hybridized carbons (Fsp3) is 0.556. The van der Waals surface area contributed by atoms with Gasteiger partial charge in [-0.1, -0.05) is 0 Å². The van der Waals surface area contributed by atoms with Crippen molar-refractivity contribution in [1.82, 2.24) is 15.2 Å². The van der Waals surface area contributed by atoms with E-state index in [4.69, 9.17) is 0 Å². The van der Waals surface area contributed by atoms with Gasteiger partial charge in [0.2, 0.25) is 0 Å². The van der Waals surface area contributed by atoms with Gasteiger partial charge in [-0.2, -0.15) is 0 Å². The molecule has 0 unspecified atom stereocenters. The maximum atomic E-state index is 11.9. The molecule has 1 amide bonds. The van der Waals surface area contributed by atoms with E-state index in [1.165, 1.54) is 11.3 Å². The Balaban J connectivity index is 2.04. The van der Waals surface area contributed by atoms with Gasteiger partial charge in [0.15, 0.2) is 0 Å². The van der Waals surface area contributed by atoms with Crippen molar-refractivity contribution in [3.05, 3.63) is 16.6 Å². The highest BCUT2D eigenvalue weighted by Gasteiger charge is 2.22. The van der Waals surface area contributed by atoms with Gasteiger partial charge in [0.1, 0.15) is 4.88 Å². The van der Waals surface area contributed by atoms with Crippen LogP contribution in [-0.2, 0) is 0 Å². The van der Waals surface area contributed by atoms with Gasteiger partial charge in [-0.3, -0.25) is 9.78 Å². The lowest BCUT2D eigenvalue weighted by molar-refractivity contribution is 0.0714. The first-order valence-electron chi connectivity index (χ1n) is 4.68. The zero-order valence-corrected chi connectivity index (χ0v) is 8.88. The number of nitrogens with one attached hydrogen (secondary N) is 1. The highest BCUT2D eigenvalue weighted by molar-refractivity contribution is 7.11. The van der Waals surface area contributed by atoms with Crippen molar-refractivity contribution in [2.75, 3.05) is 19.6 Å². The van der Waals surface area contributed by atoms with Gasteiger partial charge in [0.05, 0.1) is 11.7 Å². The minimum absolute atomic E-state index is 0.112. The Labute approximate surface area is 86.9 Å². The van der Waals surface area contributed by atoms with Gasteiger partial charge < -0.3 is 10.2 Å². The molecule has 1 fully saturated rings. The highest BCUT2D eigenvalue weighted by Crippen LogP contribution is 2.11. The minimum atomic E-state index is 0.112. The molecule has 76 valence electrons. The van der Waals surface area contributed by atoms with Crippen molar-refractivity contribution in [3.63, 3.8) is 0 Å². The standard InChI is InChI=1S/C9H13N3OS/c1-7-5-12(3-2-11-7)9(13)8-4-10-6-14-8/h4,6-7,11H,2-3,5H2,1H3/t7-/m1/s1. The van der Waals surface area contributed by atoms with Gasteiger partial charge in [-0.15, -0.1) is 11.3 Å². The maximum Gasteiger partial charge on any atom is 0.265 e. The number of amides is 1. The van der Waals surface area contributed by atoms with E-state index >= 15 is 0 Å². The monoisotopic (exact) mass is 211 g/mol. The second-order valence-corrected chi connectivity index (χ2v) is 4.36. The minimum Gasteiger partial charge on any atom is -0.335 e. The number of piperazine rings is 1. The zero-order valence-electron chi connectivity index (χ0n) is 8.06. The van der Waals surface area contributed by atoms with Crippen molar-refractivity contribution in [1.29, 1.82) is 0 Å². The van der Waals surface area contributed by atoms with Crippen LogP contribution in [0.4, 0.5) is 0 Å². The molecule has 1 saturated heterocycles. The highest BCUT2D eigenvalue weighted by atomic mass is 32.1. The van der Waals surface area contributed by atoms with Gasteiger partial charge >= 0.3 is 0 Å². The fourth-order valence-electron chi connectivity index (χ4n) is 1.59. The van der Waals surface area contributed by atoms with Crippen LogP contribution in [0.3, 0.4) is 0 Å². The van der Waals surface area contributed by atoms with Crippen LogP contribution in [0.2, 0.25) is 0 Å². The summed E-state index contributed by atoms with van der Waals surface area (Å²) in [6, 6.07) is 0.389. The Hall–Kier alpha value is -0.940. The van der Waals surface area contributed by atoms with E-state index in [0.29, 0.717) is 6.04 Å². The Kier molecular flexibility index (Phi) is 2.79. The summed E-state index contributed by atoms with van der Waals surface area (Å²) in [6.07, 6.45) is 1.64. The molecule has 0 radical (unpaired) electrons. The molecule has 5 heteroatoms. The Morgan fingerprint density at radius 3 is 3.29 bits per heavy atom. The van der Waals surface area contributed by atoms with Crippen molar-refractivity contribution in [3.8, 4) is 0 Å². The molecule has 0 aliphatic carbocycles. The number of nitrogens with zero attached hydrogens (tertiary/aromatic N) is 2. The molecule has 1 aromatic heterocycles. The van der Waals surface area contributed by atoms with E-state index in [1.807, 2.05) is 4.90 Å². The second-order valence-electron chi connectivity index (χ2n) is 3.47. The number of thiazole rings is 1. The second kappa shape index (κ2) is 4.06. The van der Waals surface area contributed by atoms with E-state index in [-0.39, 0.29) is 5.91 Å². The lowest BCUT2D eigenvalue weighted by atomic mass is 10.2. The first kappa shape index (κ1) is 9.61. The summed E-state index contributed by atoms with van der Waals surface area (Å²) in [5.41, 5.74) is 1.69. The van der Waals surface area contributed by atoms with Gasteiger partial charge in [-0.25, -0.2) is 0 Å². The first-order valence-corrected chi connectivity index (χ1v) is 5.56. The molecule has 14 heavy (non-hydrogen) atoms. The van der Waals surface area contributed by atoms with E-state index < -0.39 is 0 Å². The van der Waals surface area contributed by atoms with Crippen molar-refractivity contribution < 1.29 is 4.79 Å². The van der Waals surface area contributed by atoms with Crippen molar-refractivity contribution in [2.24, 2.45) is 0 Å². The summed E-state index contributed by atoms with van der Waals surface area (Å²) in [5, 5.41) is 3.31. The predicted molar refractivity (Wildman–Crippen MR) is 55.5 cm³/mol. The number of hydrogen-bond acceptors (Lipinski definition) is 4. The van der Waals surface area contributed by atoms with Crippen LogP contribution in [0, 0.1) is 0 Å². The lowest BCUT2D eigenvalue weighted by Gasteiger charge is -2.31. The molecular formula is C9H13N3OS. The molecule has 1 aliphatic rings. The third-order valence-corrected chi connectivity index (χ3v) is 3.06. The van der Waals surface area contributed by atoms with E-state index in [1.54, 1.807) is 11.7 Å². The number of hydrogen-bond donors (Lipinski definition) is 1. The number of carbonyl (C=O) groups excluding carboxylic acids is 1. The number of carbonyl (C=O) groups is 1. The Bertz CT molecular complexity index is 312. The van der Waals surface area contributed by atoms with E-state index in [0.717, 1.165) is 24.5 Å². The molecule has 2 heterocycles. The Morgan fingerprint density at radius 1 is 1.79 bits per heavy atom. The van der Waals surface area contributed by atoms with Crippen LogP contribution in [0.25, 0.3) is 0 Å². The van der Waals surface area contributed by atoms with Crippen LogP contribution in [-0.4, -0.2) is 41.5 Å². The molecular weight excluding hydrogens is 198 g/mol. The third-order valence-electron chi connectivity index (χ3n) is 2.30. The Morgan fingerprint density at radius 2 is 2.64 bits per heavy atom. The topological polar surface area (TPSA) is 45.2 Å². The van der Waals surface area contributed by atoms with Crippen LogP contribution in [0.15, 0.2) is 11.7 Å². The van der Waals surface area contributed by atoms with Crippen molar-refractivity contribution >= 4 is 17.2 Å². The summed E-state index contributed by atoms with van der Waals surface area (Å²) in [4.78, 5) is 18.4. The predicted octanol–water partition coefficient (Wildman–Crippen LogP) is 0.577. The molecule has 0 aromatic carbocycles. The van der Waals surface area contributed by atoms with E-state index in [2.05, 4.69) is 17.2 Å². The molecule has 2 rings (SSSR count). The van der Waals surface area contributed by atoms with Crippen LogP contribution < -0.4 is 5.32 Å². The third kappa shape index (κ3) is 1.93. The fourth-order valence-corrected chi connectivity index (χ4v) is 2.18. The van der Waals surface area contributed by atoms with Crippen LogP contribution in [0.5, 0.6) is 0 Å².